The molecule has 0 saturated heterocycles. The van der Waals surface area contributed by atoms with Crippen LogP contribution in [-0.4, -0.2) is 4.98 Å². The molecular weight excluding hydrogens is 286 g/mol. The third-order valence-corrected chi connectivity index (χ3v) is 4.85. The van der Waals surface area contributed by atoms with Crippen LogP contribution in [0.2, 0.25) is 4.34 Å². The molecule has 6 heteroatoms. The molecule has 0 aliphatic heterocycles. The van der Waals surface area contributed by atoms with Crippen LogP contribution in [0.25, 0.3) is 10.2 Å². The highest BCUT2D eigenvalue weighted by atomic mass is 35.5. The lowest BCUT2D eigenvalue weighted by Gasteiger charge is -2.14. The van der Waals surface area contributed by atoms with E-state index in [9.17, 15) is 0 Å². The van der Waals surface area contributed by atoms with Gasteiger partial charge in [0.25, 0.3) is 0 Å². The lowest BCUT2D eigenvalue weighted by molar-refractivity contribution is 0.645. The van der Waals surface area contributed by atoms with E-state index in [2.05, 4.69) is 16.5 Å². The highest BCUT2D eigenvalue weighted by Gasteiger charge is 2.15. The van der Waals surface area contributed by atoms with Crippen LogP contribution in [0.4, 0.5) is 0 Å². The predicted octanol–water partition coefficient (Wildman–Crippen LogP) is 3.56. The Hall–Kier alpha value is -0.980. The second kappa shape index (κ2) is 4.95. The maximum Gasteiger partial charge on any atom is 0.0931 e. The molecule has 0 aliphatic carbocycles. The van der Waals surface area contributed by atoms with E-state index in [1.54, 1.807) is 11.3 Å². The van der Waals surface area contributed by atoms with Crippen LogP contribution >= 0.6 is 34.3 Å². The Bertz CT molecular complexity index is 677. The fourth-order valence-corrected chi connectivity index (χ4v) is 3.78. The van der Waals surface area contributed by atoms with Crippen molar-refractivity contribution in [2.24, 2.45) is 5.84 Å². The second-order valence-electron chi connectivity index (χ2n) is 3.81. The predicted molar refractivity (Wildman–Crippen MR) is 78.1 cm³/mol. The summed E-state index contributed by atoms with van der Waals surface area (Å²) < 4.78 is 1.92. The normalized spacial score (nSPS) is 13.0. The molecule has 0 aliphatic rings. The summed E-state index contributed by atoms with van der Waals surface area (Å²) in [5.74, 6) is 5.65. The van der Waals surface area contributed by atoms with Crippen molar-refractivity contribution >= 4 is 44.5 Å². The summed E-state index contributed by atoms with van der Waals surface area (Å²) in [4.78, 5) is 5.51. The van der Waals surface area contributed by atoms with E-state index in [-0.39, 0.29) is 6.04 Å². The average molecular weight is 296 g/mol. The van der Waals surface area contributed by atoms with Gasteiger partial charge in [0.15, 0.2) is 0 Å². The molecule has 3 heterocycles. The number of aromatic nitrogens is 1. The van der Waals surface area contributed by atoms with Gasteiger partial charge in [-0.2, -0.15) is 0 Å². The number of nitrogens with two attached hydrogens (primary N) is 1. The van der Waals surface area contributed by atoms with Crippen LogP contribution in [0.15, 0.2) is 35.8 Å². The van der Waals surface area contributed by atoms with Gasteiger partial charge in [0.05, 0.1) is 20.6 Å². The van der Waals surface area contributed by atoms with E-state index in [0.717, 1.165) is 25.0 Å². The van der Waals surface area contributed by atoms with Gasteiger partial charge in [-0.05, 0) is 35.2 Å². The van der Waals surface area contributed by atoms with Gasteiger partial charge >= 0.3 is 0 Å². The Morgan fingerprint density at radius 1 is 1.33 bits per heavy atom. The standard InChI is InChI=1S/C12H10ClN3S2/c13-11-2-1-9(18-11)12(16-14)7-5-10-8(15-6-7)3-4-17-10/h1-6,12,16H,14H2. The molecule has 3 aromatic heterocycles. The van der Waals surface area contributed by atoms with E-state index in [1.807, 2.05) is 29.8 Å². The molecule has 0 bridgehead atoms. The minimum Gasteiger partial charge on any atom is -0.271 e. The summed E-state index contributed by atoms with van der Waals surface area (Å²) in [5, 5.41) is 2.04. The van der Waals surface area contributed by atoms with Gasteiger partial charge < -0.3 is 0 Å². The third-order valence-electron chi connectivity index (χ3n) is 2.70. The molecule has 0 fully saturated rings. The number of nitrogens with one attached hydrogen (secondary N) is 1. The first-order valence-corrected chi connectivity index (χ1v) is 7.40. The van der Waals surface area contributed by atoms with E-state index in [0.29, 0.717) is 0 Å². The maximum absolute atomic E-state index is 5.96. The molecule has 0 aromatic carbocycles. The summed E-state index contributed by atoms with van der Waals surface area (Å²) in [5.41, 5.74) is 4.89. The Kier molecular flexibility index (Phi) is 3.32. The summed E-state index contributed by atoms with van der Waals surface area (Å²) in [6.07, 6.45) is 1.85. The zero-order valence-corrected chi connectivity index (χ0v) is 11.6. The average Bonchev–Trinajstić information content (AvgIpc) is 2.99. The first kappa shape index (κ1) is 12.1. The largest absolute Gasteiger partial charge is 0.271 e. The van der Waals surface area contributed by atoms with Crippen molar-refractivity contribution < 1.29 is 0 Å². The fourth-order valence-electron chi connectivity index (χ4n) is 1.85. The van der Waals surface area contributed by atoms with Gasteiger partial charge in [0.1, 0.15) is 0 Å². The van der Waals surface area contributed by atoms with Crippen molar-refractivity contribution in [1.82, 2.24) is 10.4 Å². The number of fused-ring (bicyclic) bond motifs is 1. The first-order chi connectivity index (χ1) is 8.78. The first-order valence-electron chi connectivity index (χ1n) is 5.32. The Morgan fingerprint density at radius 2 is 2.22 bits per heavy atom. The van der Waals surface area contributed by atoms with Gasteiger partial charge in [0.2, 0.25) is 0 Å². The van der Waals surface area contributed by atoms with Crippen LogP contribution in [0, 0.1) is 0 Å². The Balaban J connectivity index is 2.04. The monoisotopic (exact) mass is 295 g/mol. The number of halogens is 1. The quantitative estimate of drug-likeness (QED) is 0.574. The molecule has 3 rings (SSSR count). The van der Waals surface area contributed by atoms with E-state index in [4.69, 9.17) is 17.4 Å². The van der Waals surface area contributed by atoms with Gasteiger partial charge in [-0.25, -0.2) is 5.43 Å². The summed E-state index contributed by atoms with van der Waals surface area (Å²) in [6.45, 7) is 0. The van der Waals surface area contributed by atoms with Crippen LogP contribution in [0.1, 0.15) is 16.5 Å². The van der Waals surface area contributed by atoms with Crippen LogP contribution < -0.4 is 11.3 Å². The Labute approximate surface area is 117 Å². The van der Waals surface area contributed by atoms with Crippen molar-refractivity contribution in [2.75, 3.05) is 0 Å². The maximum atomic E-state index is 5.96. The number of pyridine rings is 1. The fraction of sp³-hybridized carbons (Fsp3) is 0.0833. The van der Waals surface area contributed by atoms with Crippen molar-refractivity contribution in [3.05, 3.63) is 50.6 Å². The zero-order chi connectivity index (χ0) is 12.5. The molecule has 92 valence electrons. The van der Waals surface area contributed by atoms with E-state index < -0.39 is 0 Å². The second-order valence-corrected chi connectivity index (χ2v) is 6.51. The molecular formula is C12H10ClN3S2. The van der Waals surface area contributed by atoms with Gasteiger partial charge in [0, 0.05) is 11.1 Å². The molecule has 3 nitrogen and oxygen atoms in total. The number of thiophene rings is 2. The number of nitrogens with zero attached hydrogens (tertiary/aromatic N) is 1. The number of hydrazine groups is 1. The number of hydrogen-bond acceptors (Lipinski definition) is 5. The van der Waals surface area contributed by atoms with Gasteiger partial charge in [-0.15, -0.1) is 22.7 Å². The summed E-state index contributed by atoms with van der Waals surface area (Å²) in [7, 11) is 0. The molecule has 18 heavy (non-hydrogen) atoms. The van der Waals surface area contributed by atoms with Crippen molar-refractivity contribution in [3.63, 3.8) is 0 Å². The smallest absolute Gasteiger partial charge is 0.0931 e. The highest BCUT2D eigenvalue weighted by Crippen LogP contribution is 2.32. The van der Waals surface area contributed by atoms with Gasteiger partial charge in [-0.1, -0.05) is 11.6 Å². The Morgan fingerprint density at radius 3 is 2.94 bits per heavy atom. The molecule has 0 saturated carbocycles. The highest BCUT2D eigenvalue weighted by molar-refractivity contribution is 7.17. The lowest BCUT2D eigenvalue weighted by atomic mass is 10.1. The van der Waals surface area contributed by atoms with Crippen molar-refractivity contribution in [2.45, 2.75) is 6.04 Å². The zero-order valence-electron chi connectivity index (χ0n) is 9.26. The molecule has 0 amide bonds. The number of hydrogen-bond donors (Lipinski definition) is 2. The lowest BCUT2D eigenvalue weighted by Crippen LogP contribution is -2.28. The molecule has 1 atom stereocenters. The minimum atomic E-state index is -0.0681. The van der Waals surface area contributed by atoms with Crippen LogP contribution in [-0.2, 0) is 0 Å². The SMILES string of the molecule is NNC(c1cnc2ccsc2c1)c1ccc(Cl)s1. The molecule has 1 unspecified atom stereocenters. The topological polar surface area (TPSA) is 50.9 Å². The van der Waals surface area contributed by atoms with Crippen LogP contribution in [0.3, 0.4) is 0 Å². The molecule has 0 spiro atoms. The summed E-state index contributed by atoms with van der Waals surface area (Å²) in [6, 6.07) is 7.92. The summed E-state index contributed by atoms with van der Waals surface area (Å²) >= 11 is 9.16. The molecule has 3 aromatic rings. The van der Waals surface area contributed by atoms with Crippen molar-refractivity contribution in [1.29, 1.82) is 0 Å². The number of rotatable bonds is 3. The third kappa shape index (κ3) is 2.15. The van der Waals surface area contributed by atoms with E-state index in [1.165, 1.54) is 11.3 Å². The van der Waals surface area contributed by atoms with Crippen molar-refractivity contribution in [3.8, 4) is 0 Å². The minimum absolute atomic E-state index is 0.0681. The molecule has 3 N–H and O–H groups in total. The van der Waals surface area contributed by atoms with E-state index >= 15 is 0 Å². The van der Waals surface area contributed by atoms with Crippen LogP contribution in [0.5, 0.6) is 0 Å². The van der Waals surface area contributed by atoms with Gasteiger partial charge in [-0.3, -0.25) is 10.8 Å². The molecule has 0 radical (unpaired) electrons.